The Labute approximate surface area is 150 Å². The Hall–Kier alpha value is -2.27. The van der Waals surface area contributed by atoms with Gasteiger partial charge in [-0.3, -0.25) is 4.21 Å². The van der Waals surface area contributed by atoms with E-state index in [4.69, 9.17) is 4.74 Å². The van der Waals surface area contributed by atoms with E-state index in [-0.39, 0.29) is 5.41 Å². The zero-order chi connectivity index (χ0) is 18.0. The van der Waals surface area contributed by atoms with Gasteiger partial charge < -0.3 is 4.74 Å². The Morgan fingerprint density at radius 2 is 1.68 bits per heavy atom. The highest BCUT2D eigenvalue weighted by molar-refractivity contribution is 7.85. The minimum Gasteiger partial charge on any atom is -0.457 e. The van der Waals surface area contributed by atoms with E-state index in [1.54, 1.807) is 0 Å². The van der Waals surface area contributed by atoms with Crippen molar-refractivity contribution in [3.63, 3.8) is 0 Å². The third-order valence-electron chi connectivity index (χ3n) is 4.00. The van der Waals surface area contributed by atoms with Crippen LogP contribution >= 0.6 is 0 Å². The van der Waals surface area contributed by atoms with E-state index in [9.17, 15) is 4.21 Å². The largest absolute Gasteiger partial charge is 0.457 e. The molecule has 1 aromatic heterocycles. The van der Waals surface area contributed by atoms with Gasteiger partial charge in [0.2, 0.25) is 0 Å². The van der Waals surface area contributed by atoms with Crippen LogP contribution in [-0.4, -0.2) is 19.9 Å². The molecular weight excluding hydrogens is 332 g/mol. The molecule has 0 aliphatic rings. The van der Waals surface area contributed by atoms with E-state index >= 15 is 0 Å². The van der Waals surface area contributed by atoms with Gasteiger partial charge in [0.15, 0.2) is 0 Å². The van der Waals surface area contributed by atoms with Crippen LogP contribution in [0.25, 0.3) is 10.9 Å². The van der Waals surface area contributed by atoms with Gasteiger partial charge in [-0.1, -0.05) is 39.8 Å². The minimum atomic E-state index is -1.14. The fourth-order valence-corrected chi connectivity index (χ4v) is 3.40. The van der Waals surface area contributed by atoms with Crippen molar-refractivity contribution in [3.8, 4) is 11.5 Å². The monoisotopic (exact) mass is 354 g/mol. The van der Waals surface area contributed by atoms with E-state index in [0.717, 1.165) is 16.7 Å². The number of hydrogen-bond donors (Lipinski definition) is 0. The zero-order valence-electron chi connectivity index (χ0n) is 14.9. The molecular formula is C20H22N2O2S. The molecule has 1 atom stereocenters. The summed E-state index contributed by atoms with van der Waals surface area (Å²) in [6.07, 6.45) is 1.46. The van der Waals surface area contributed by atoms with Crippen molar-refractivity contribution in [1.29, 1.82) is 0 Å². The zero-order valence-corrected chi connectivity index (χ0v) is 15.8. The summed E-state index contributed by atoms with van der Waals surface area (Å²) in [6.45, 7) is 8.42. The smallest absolute Gasteiger partial charge is 0.138 e. The summed E-state index contributed by atoms with van der Waals surface area (Å²) in [5.74, 6) is 1.97. The highest BCUT2D eigenvalue weighted by Gasteiger charge is 2.14. The van der Waals surface area contributed by atoms with Gasteiger partial charge in [-0.2, -0.15) is 0 Å². The van der Waals surface area contributed by atoms with Gasteiger partial charge in [0.1, 0.15) is 22.9 Å². The maximum atomic E-state index is 12.2. The lowest BCUT2D eigenvalue weighted by Gasteiger charge is -2.19. The number of nitrogens with zero attached hydrogens (tertiary/aromatic N) is 2. The van der Waals surface area contributed by atoms with Gasteiger partial charge in [0, 0.05) is 11.1 Å². The number of benzene rings is 2. The lowest BCUT2D eigenvalue weighted by atomic mass is 9.87. The number of rotatable bonds is 4. The lowest BCUT2D eigenvalue weighted by Crippen LogP contribution is -2.10. The summed E-state index contributed by atoms with van der Waals surface area (Å²) in [5, 5.41) is 1.33. The van der Waals surface area contributed by atoms with Crippen molar-refractivity contribution in [3.05, 3.63) is 54.4 Å². The average molecular weight is 354 g/mol. The fourth-order valence-electron chi connectivity index (χ4n) is 2.55. The third kappa shape index (κ3) is 3.87. The Bertz CT molecular complexity index is 915. The van der Waals surface area contributed by atoms with E-state index in [0.29, 0.717) is 16.5 Å². The maximum Gasteiger partial charge on any atom is 0.138 e. The number of hydrogen-bond acceptors (Lipinski definition) is 4. The first-order chi connectivity index (χ1) is 11.9. The quantitative estimate of drug-likeness (QED) is 0.629. The van der Waals surface area contributed by atoms with Crippen molar-refractivity contribution in [2.45, 2.75) is 38.1 Å². The van der Waals surface area contributed by atoms with Crippen molar-refractivity contribution in [2.24, 2.45) is 0 Å². The number of fused-ring (bicyclic) bond motifs is 1. The number of aromatic nitrogens is 2. The molecule has 0 saturated heterocycles. The summed E-state index contributed by atoms with van der Waals surface area (Å²) in [6, 6.07) is 13.7. The van der Waals surface area contributed by atoms with Crippen LogP contribution in [0.2, 0.25) is 0 Å². The predicted octanol–water partition coefficient (Wildman–Crippen LogP) is 4.85. The van der Waals surface area contributed by atoms with Gasteiger partial charge in [-0.25, -0.2) is 9.97 Å². The topological polar surface area (TPSA) is 52.1 Å². The van der Waals surface area contributed by atoms with Crippen molar-refractivity contribution < 1.29 is 8.95 Å². The lowest BCUT2D eigenvalue weighted by molar-refractivity contribution is 0.482. The molecule has 2 aromatic carbocycles. The van der Waals surface area contributed by atoms with Crippen LogP contribution in [0.3, 0.4) is 0 Å². The van der Waals surface area contributed by atoms with Gasteiger partial charge >= 0.3 is 0 Å². The normalized spacial score (nSPS) is 13.0. The van der Waals surface area contributed by atoms with Crippen LogP contribution in [0.5, 0.6) is 11.5 Å². The van der Waals surface area contributed by atoms with Crippen LogP contribution in [0, 0.1) is 0 Å². The predicted molar refractivity (Wildman–Crippen MR) is 102 cm³/mol. The molecule has 0 bridgehead atoms. The Morgan fingerprint density at radius 1 is 1.00 bits per heavy atom. The van der Waals surface area contributed by atoms with E-state index in [1.165, 1.54) is 11.9 Å². The third-order valence-corrected chi connectivity index (χ3v) is 5.29. The molecule has 0 radical (unpaired) electrons. The molecule has 130 valence electrons. The van der Waals surface area contributed by atoms with Crippen LogP contribution < -0.4 is 4.74 Å². The first kappa shape index (κ1) is 17.5. The van der Waals surface area contributed by atoms with Gasteiger partial charge in [0.05, 0.1) is 16.3 Å². The number of ether oxygens (including phenoxy) is 1. The van der Waals surface area contributed by atoms with Crippen LogP contribution in [0.1, 0.15) is 33.3 Å². The van der Waals surface area contributed by atoms with E-state index in [1.807, 2.05) is 37.3 Å². The van der Waals surface area contributed by atoms with Crippen LogP contribution in [0.4, 0.5) is 0 Å². The molecule has 0 fully saturated rings. The molecule has 3 aromatic rings. The summed E-state index contributed by atoms with van der Waals surface area (Å²) in [7, 11) is -1.14. The molecule has 0 aliphatic carbocycles. The van der Waals surface area contributed by atoms with E-state index < -0.39 is 10.8 Å². The maximum absolute atomic E-state index is 12.2. The highest BCUT2D eigenvalue weighted by Crippen LogP contribution is 2.29. The van der Waals surface area contributed by atoms with Gasteiger partial charge in [-0.15, -0.1) is 0 Å². The van der Waals surface area contributed by atoms with Gasteiger partial charge in [0.25, 0.3) is 0 Å². The molecule has 0 N–H and O–H groups in total. The summed E-state index contributed by atoms with van der Waals surface area (Å²) < 4.78 is 18.2. The van der Waals surface area contributed by atoms with Crippen LogP contribution in [0.15, 0.2) is 53.8 Å². The fraction of sp³-hybridized carbons (Fsp3) is 0.300. The molecule has 0 saturated carbocycles. The van der Waals surface area contributed by atoms with Crippen molar-refractivity contribution in [1.82, 2.24) is 9.97 Å². The Morgan fingerprint density at radius 3 is 2.32 bits per heavy atom. The SMILES string of the molecule is CCS(=O)c1ncnc2ccc(Oc3ccc(C(C)(C)C)cc3)cc12. The van der Waals surface area contributed by atoms with E-state index in [2.05, 4.69) is 42.9 Å². The van der Waals surface area contributed by atoms with Crippen LogP contribution in [-0.2, 0) is 16.2 Å². The van der Waals surface area contributed by atoms with Gasteiger partial charge in [-0.05, 0) is 41.3 Å². The summed E-state index contributed by atoms with van der Waals surface area (Å²) in [4.78, 5) is 8.44. The minimum absolute atomic E-state index is 0.109. The molecule has 0 amide bonds. The molecule has 3 rings (SSSR count). The second-order valence-corrected chi connectivity index (χ2v) is 8.52. The molecule has 5 heteroatoms. The second kappa shape index (κ2) is 6.92. The first-order valence-electron chi connectivity index (χ1n) is 8.30. The Kier molecular flexibility index (Phi) is 4.86. The molecule has 1 unspecified atom stereocenters. The first-order valence-corrected chi connectivity index (χ1v) is 9.62. The molecule has 1 heterocycles. The van der Waals surface area contributed by atoms with Crippen molar-refractivity contribution in [2.75, 3.05) is 5.75 Å². The average Bonchev–Trinajstić information content (AvgIpc) is 2.60. The summed E-state index contributed by atoms with van der Waals surface area (Å²) in [5.41, 5.74) is 2.13. The standard InChI is InChI=1S/C20H22N2O2S/c1-5-25(23)19-17-12-16(10-11-18(17)21-13-22-19)24-15-8-6-14(7-9-15)20(2,3)4/h6-13H,5H2,1-4H3. The molecule has 0 aliphatic heterocycles. The molecule has 4 nitrogen and oxygen atoms in total. The second-order valence-electron chi connectivity index (χ2n) is 6.87. The summed E-state index contributed by atoms with van der Waals surface area (Å²) >= 11 is 0. The Balaban J connectivity index is 1.93. The molecule has 0 spiro atoms. The van der Waals surface area contributed by atoms with Crippen molar-refractivity contribution >= 4 is 21.7 Å². The molecule has 25 heavy (non-hydrogen) atoms. The highest BCUT2D eigenvalue weighted by atomic mass is 32.2.